The van der Waals surface area contributed by atoms with Gasteiger partial charge in [-0.15, -0.1) is 0 Å². The van der Waals surface area contributed by atoms with Gasteiger partial charge in [-0.25, -0.2) is 9.18 Å². The van der Waals surface area contributed by atoms with Crippen molar-refractivity contribution in [3.8, 4) is 0 Å². The number of hydrogen-bond donors (Lipinski definition) is 2. The van der Waals surface area contributed by atoms with Crippen LogP contribution in [-0.4, -0.2) is 57.7 Å². The quantitative estimate of drug-likeness (QED) is 0.867. The zero-order chi connectivity index (χ0) is 15.6. The molecule has 0 aliphatic carbocycles. The van der Waals surface area contributed by atoms with E-state index in [9.17, 15) is 14.3 Å². The number of aryl methyl sites for hydroxylation is 1. The largest absolute Gasteiger partial charge is 0.396 e. The summed E-state index contributed by atoms with van der Waals surface area (Å²) in [5, 5.41) is 16.2. The van der Waals surface area contributed by atoms with Gasteiger partial charge in [0, 0.05) is 44.8 Å². The summed E-state index contributed by atoms with van der Waals surface area (Å²) in [5.74, 6) is 0.0474. The molecule has 2 rings (SSSR count). The summed E-state index contributed by atoms with van der Waals surface area (Å²) in [6, 6.07) is -0.287. The molecule has 1 aromatic rings. The number of likely N-dealkylation sites (tertiary alicyclic amines) is 1. The van der Waals surface area contributed by atoms with E-state index in [4.69, 9.17) is 0 Å². The molecule has 118 valence electrons. The molecule has 1 aliphatic heterocycles. The third-order valence-electron chi connectivity index (χ3n) is 3.78. The summed E-state index contributed by atoms with van der Waals surface area (Å²) in [6.45, 7) is 3.81. The van der Waals surface area contributed by atoms with Crippen molar-refractivity contribution in [3.05, 3.63) is 18.0 Å². The van der Waals surface area contributed by atoms with Crippen LogP contribution in [0.1, 0.15) is 25.3 Å². The Hall–Kier alpha value is -1.63. The van der Waals surface area contributed by atoms with Gasteiger partial charge in [0.05, 0.1) is 12.7 Å². The lowest BCUT2D eigenvalue weighted by Gasteiger charge is -2.20. The Morgan fingerprint density at radius 3 is 2.81 bits per heavy atom. The zero-order valence-corrected chi connectivity index (χ0v) is 12.7. The fourth-order valence-electron chi connectivity index (χ4n) is 2.63. The first kappa shape index (κ1) is 15.8. The van der Waals surface area contributed by atoms with E-state index in [1.165, 1.54) is 13.8 Å². The number of carbonyl (C=O) groups excluding carboxylic acids is 1. The van der Waals surface area contributed by atoms with E-state index in [1.54, 1.807) is 15.8 Å². The fraction of sp³-hybridized carbons (Fsp3) is 0.714. The molecule has 21 heavy (non-hydrogen) atoms. The average molecular weight is 298 g/mol. The minimum Gasteiger partial charge on any atom is -0.396 e. The molecule has 0 bridgehead atoms. The molecule has 0 saturated carbocycles. The Morgan fingerprint density at radius 2 is 2.29 bits per heavy atom. The van der Waals surface area contributed by atoms with Crippen molar-refractivity contribution in [1.29, 1.82) is 0 Å². The van der Waals surface area contributed by atoms with Gasteiger partial charge in [-0.1, -0.05) is 0 Å². The maximum absolute atomic E-state index is 13.4. The van der Waals surface area contributed by atoms with Crippen molar-refractivity contribution in [2.24, 2.45) is 13.0 Å². The SMILES string of the molecule is Cn1cc([C@@H]2CN(C(=O)NCC(C)(C)F)C[C@H]2CO)cn1. The summed E-state index contributed by atoms with van der Waals surface area (Å²) in [5.41, 5.74) is -0.424. The monoisotopic (exact) mass is 298 g/mol. The lowest BCUT2D eigenvalue weighted by molar-refractivity contribution is 0.178. The number of nitrogens with one attached hydrogen (secondary N) is 1. The molecule has 2 atom stereocenters. The highest BCUT2D eigenvalue weighted by Crippen LogP contribution is 2.32. The molecule has 0 aromatic carbocycles. The van der Waals surface area contributed by atoms with E-state index in [0.29, 0.717) is 13.1 Å². The molecule has 1 aliphatic rings. The highest BCUT2D eigenvalue weighted by molar-refractivity contribution is 5.74. The van der Waals surface area contributed by atoms with Crippen molar-refractivity contribution < 1.29 is 14.3 Å². The van der Waals surface area contributed by atoms with E-state index in [1.807, 2.05) is 13.2 Å². The van der Waals surface area contributed by atoms with Crippen molar-refractivity contribution in [2.75, 3.05) is 26.2 Å². The Kier molecular flexibility index (Phi) is 4.51. The van der Waals surface area contributed by atoms with Gasteiger partial charge in [-0.2, -0.15) is 5.10 Å². The number of hydrogen-bond acceptors (Lipinski definition) is 3. The van der Waals surface area contributed by atoms with Crippen molar-refractivity contribution in [1.82, 2.24) is 20.0 Å². The average Bonchev–Trinajstić information content (AvgIpc) is 3.00. The zero-order valence-electron chi connectivity index (χ0n) is 12.7. The van der Waals surface area contributed by atoms with Gasteiger partial charge >= 0.3 is 6.03 Å². The van der Waals surface area contributed by atoms with Gasteiger partial charge in [-0.05, 0) is 19.4 Å². The molecule has 0 spiro atoms. The number of alkyl halides is 1. The number of amides is 2. The predicted molar refractivity (Wildman–Crippen MR) is 76.7 cm³/mol. The fourth-order valence-corrected chi connectivity index (χ4v) is 2.63. The van der Waals surface area contributed by atoms with Crippen LogP contribution in [0.15, 0.2) is 12.4 Å². The molecule has 2 heterocycles. The molecule has 6 nitrogen and oxygen atoms in total. The number of nitrogens with zero attached hydrogens (tertiary/aromatic N) is 3. The molecule has 1 saturated heterocycles. The lowest BCUT2D eigenvalue weighted by atomic mass is 9.92. The number of halogens is 1. The Balaban J connectivity index is 2.00. The van der Waals surface area contributed by atoms with Crippen LogP contribution in [0.4, 0.5) is 9.18 Å². The highest BCUT2D eigenvalue weighted by atomic mass is 19.1. The van der Waals surface area contributed by atoms with Crippen LogP contribution in [0, 0.1) is 5.92 Å². The third-order valence-corrected chi connectivity index (χ3v) is 3.78. The number of urea groups is 1. The van der Waals surface area contributed by atoms with Crippen LogP contribution in [-0.2, 0) is 7.05 Å². The molecular weight excluding hydrogens is 275 g/mol. The van der Waals surface area contributed by atoms with Gasteiger partial charge in [0.2, 0.25) is 0 Å². The highest BCUT2D eigenvalue weighted by Gasteiger charge is 2.36. The summed E-state index contributed by atoms with van der Waals surface area (Å²) in [7, 11) is 1.83. The molecule has 7 heteroatoms. The maximum atomic E-state index is 13.4. The molecule has 0 radical (unpaired) electrons. The van der Waals surface area contributed by atoms with Crippen LogP contribution in [0.5, 0.6) is 0 Å². The number of carbonyl (C=O) groups is 1. The first-order valence-electron chi connectivity index (χ1n) is 7.11. The van der Waals surface area contributed by atoms with Gasteiger partial charge in [0.25, 0.3) is 0 Å². The molecule has 2 N–H and O–H groups in total. The van der Waals surface area contributed by atoms with Gasteiger partial charge < -0.3 is 15.3 Å². The third kappa shape index (κ3) is 3.93. The van der Waals surface area contributed by atoms with E-state index < -0.39 is 5.67 Å². The molecule has 1 fully saturated rings. The van der Waals surface area contributed by atoms with Crippen LogP contribution in [0.2, 0.25) is 0 Å². The predicted octanol–water partition coefficient (Wildman–Crippen LogP) is 0.885. The minimum atomic E-state index is -1.44. The molecule has 0 unspecified atom stereocenters. The number of aliphatic hydroxyl groups excluding tert-OH is 1. The Morgan fingerprint density at radius 1 is 1.57 bits per heavy atom. The lowest BCUT2D eigenvalue weighted by Crippen LogP contribution is -2.43. The standard InChI is InChI=1S/C14H23FN4O2/c1-14(2,15)9-16-13(21)19-6-11(8-20)12(7-19)10-4-17-18(3)5-10/h4-5,11-12,20H,6-9H2,1-3H3,(H,16,21)/t11-,12-/m0/s1. The number of rotatable bonds is 4. The summed E-state index contributed by atoms with van der Waals surface area (Å²) >= 11 is 0. The van der Waals surface area contributed by atoms with E-state index in [0.717, 1.165) is 5.56 Å². The van der Waals surface area contributed by atoms with Crippen molar-refractivity contribution in [2.45, 2.75) is 25.4 Å². The topological polar surface area (TPSA) is 70.4 Å². The second-order valence-corrected chi connectivity index (χ2v) is 6.28. The van der Waals surface area contributed by atoms with Crippen LogP contribution in [0.3, 0.4) is 0 Å². The second kappa shape index (κ2) is 6.01. The summed E-state index contributed by atoms with van der Waals surface area (Å²) in [6.07, 6.45) is 3.67. The van der Waals surface area contributed by atoms with Crippen LogP contribution >= 0.6 is 0 Å². The Labute approximate surface area is 123 Å². The summed E-state index contributed by atoms with van der Waals surface area (Å²) in [4.78, 5) is 13.7. The molecule has 2 amide bonds. The van der Waals surface area contributed by atoms with E-state index in [-0.39, 0.29) is 31.0 Å². The first-order valence-corrected chi connectivity index (χ1v) is 7.11. The van der Waals surface area contributed by atoms with Gasteiger partial charge in [-0.3, -0.25) is 4.68 Å². The first-order chi connectivity index (χ1) is 9.80. The molecular formula is C14H23FN4O2. The minimum absolute atomic E-state index is 0.0119. The van der Waals surface area contributed by atoms with E-state index >= 15 is 0 Å². The smallest absolute Gasteiger partial charge is 0.317 e. The van der Waals surface area contributed by atoms with Crippen LogP contribution < -0.4 is 5.32 Å². The molecule has 1 aromatic heterocycles. The second-order valence-electron chi connectivity index (χ2n) is 6.28. The van der Waals surface area contributed by atoms with Gasteiger partial charge in [0.1, 0.15) is 5.67 Å². The van der Waals surface area contributed by atoms with E-state index in [2.05, 4.69) is 10.4 Å². The normalized spacial score (nSPS) is 22.6. The summed E-state index contributed by atoms with van der Waals surface area (Å²) < 4.78 is 15.1. The Bertz CT molecular complexity index is 497. The number of aromatic nitrogens is 2. The van der Waals surface area contributed by atoms with Crippen molar-refractivity contribution >= 4 is 6.03 Å². The maximum Gasteiger partial charge on any atom is 0.317 e. The van der Waals surface area contributed by atoms with Gasteiger partial charge in [0.15, 0.2) is 0 Å². The number of aliphatic hydroxyl groups is 1. The van der Waals surface area contributed by atoms with Crippen LogP contribution in [0.25, 0.3) is 0 Å². The van der Waals surface area contributed by atoms with Crippen molar-refractivity contribution in [3.63, 3.8) is 0 Å².